The first-order valence-electron chi connectivity index (χ1n) is 11.7. The highest BCUT2D eigenvalue weighted by Gasteiger charge is 2.12. The third-order valence-corrected chi connectivity index (χ3v) is 5.03. The first-order valence-corrected chi connectivity index (χ1v) is 11.7. The molecule has 174 valence electrons. The van der Waals surface area contributed by atoms with E-state index in [0.29, 0.717) is 30.9 Å². The van der Waals surface area contributed by atoms with Gasteiger partial charge in [-0.2, -0.15) is 0 Å². The van der Waals surface area contributed by atoms with Crippen molar-refractivity contribution in [1.82, 2.24) is 0 Å². The number of esters is 2. The molecule has 2 rings (SSSR count). The maximum atomic E-state index is 12.3. The highest BCUT2D eigenvalue weighted by molar-refractivity contribution is 5.90. The van der Waals surface area contributed by atoms with Crippen molar-refractivity contribution in [2.75, 3.05) is 13.2 Å². The highest BCUT2D eigenvalue weighted by atomic mass is 16.6. The van der Waals surface area contributed by atoms with E-state index in [1.807, 2.05) is 38.1 Å². The molecule has 0 aliphatic carbocycles. The Labute approximate surface area is 192 Å². The molecular formula is C27H36O5. The lowest BCUT2D eigenvalue weighted by molar-refractivity contribution is -0.134. The van der Waals surface area contributed by atoms with E-state index < -0.39 is 0 Å². The third kappa shape index (κ3) is 9.23. The number of hydrogen-bond acceptors (Lipinski definition) is 5. The van der Waals surface area contributed by atoms with Gasteiger partial charge in [-0.15, -0.1) is 0 Å². The molecule has 0 aromatic heterocycles. The molecule has 5 nitrogen and oxygen atoms in total. The summed E-state index contributed by atoms with van der Waals surface area (Å²) < 4.78 is 16.3. The van der Waals surface area contributed by atoms with Crippen molar-refractivity contribution in [2.45, 2.75) is 71.8 Å². The average molecular weight is 441 g/mol. The lowest BCUT2D eigenvalue weighted by atomic mass is 10.0. The van der Waals surface area contributed by atoms with Crippen LogP contribution < -0.4 is 4.74 Å². The van der Waals surface area contributed by atoms with E-state index in [1.54, 1.807) is 24.3 Å². The fourth-order valence-corrected chi connectivity index (χ4v) is 3.25. The van der Waals surface area contributed by atoms with Crippen LogP contribution in [-0.2, 0) is 14.3 Å². The zero-order valence-corrected chi connectivity index (χ0v) is 19.6. The smallest absolute Gasteiger partial charge is 0.338 e. The van der Waals surface area contributed by atoms with Crippen LogP contribution in [0.1, 0.15) is 76.1 Å². The summed E-state index contributed by atoms with van der Waals surface area (Å²) in [5.74, 6) is -0.000625. The summed E-state index contributed by atoms with van der Waals surface area (Å²) in [6, 6.07) is 14.7. The van der Waals surface area contributed by atoms with Gasteiger partial charge in [0.1, 0.15) is 11.9 Å². The summed E-state index contributed by atoms with van der Waals surface area (Å²) in [5, 5.41) is 0. The van der Waals surface area contributed by atoms with Crippen molar-refractivity contribution >= 4 is 11.9 Å². The van der Waals surface area contributed by atoms with Crippen molar-refractivity contribution in [3.63, 3.8) is 0 Å². The predicted molar refractivity (Wildman–Crippen MR) is 127 cm³/mol. The number of carbonyl (C=O) groups excluding carboxylic acids is 2. The topological polar surface area (TPSA) is 61.8 Å². The maximum absolute atomic E-state index is 12.3. The van der Waals surface area contributed by atoms with Crippen LogP contribution in [0.25, 0.3) is 11.1 Å². The van der Waals surface area contributed by atoms with Gasteiger partial charge >= 0.3 is 11.9 Å². The van der Waals surface area contributed by atoms with Gasteiger partial charge in [-0.1, -0.05) is 63.8 Å². The Morgan fingerprint density at radius 2 is 1.44 bits per heavy atom. The van der Waals surface area contributed by atoms with Gasteiger partial charge < -0.3 is 14.2 Å². The van der Waals surface area contributed by atoms with Crippen LogP contribution in [0.15, 0.2) is 48.5 Å². The van der Waals surface area contributed by atoms with Crippen LogP contribution in [0.3, 0.4) is 0 Å². The molecule has 0 saturated carbocycles. The molecule has 0 fully saturated rings. The quantitative estimate of drug-likeness (QED) is 0.188. The summed E-state index contributed by atoms with van der Waals surface area (Å²) in [4.78, 5) is 24.3. The second-order valence-corrected chi connectivity index (χ2v) is 8.03. The number of hydrogen-bond donors (Lipinski definition) is 0. The van der Waals surface area contributed by atoms with Crippen LogP contribution in [0.2, 0.25) is 0 Å². The Kier molecular flexibility index (Phi) is 11.5. The molecule has 2 aromatic rings. The van der Waals surface area contributed by atoms with Crippen molar-refractivity contribution in [3.8, 4) is 16.9 Å². The SMILES string of the molecule is CCCCCCCC(=O)Oc1ccc(-c2ccc(C(=O)OC(C)COCCC)cc2)cc1. The zero-order chi connectivity index (χ0) is 23.2. The highest BCUT2D eigenvalue weighted by Crippen LogP contribution is 2.23. The van der Waals surface area contributed by atoms with E-state index in [9.17, 15) is 9.59 Å². The van der Waals surface area contributed by atoms with Gasteiger partial charge in [0.2, 0.25) is 0 Å². The molecule has 5 heteroatoms. The van der Waals surface area contributed by atoms with Crippen LogP contribution >= 0.6 is 0 Å². The molecule has 0 amide bonds. The molecule has 0 saturated heterocycles. The van der Waals surface area contributed by atoms with Gasteiger partial charge in [-0.05, 0) is 55.2 Å². The fourth-order valence-electron chi connectivity index (χ4n) is 3.25. The Morgan fingerprint density at radius 3 is 2.06 bits per heavy atom. The molecule has 0 radical (unpaired) electrons. The molecule has 32 heavy (non-hydrogen) atoms. The molecule has 0 aliphatic heterocycles. The van der Waals surface area contributed by atoms with Gasteiger partial charge in [0.25, 0.3) is 0 Å². The molecule has 2 aromatic carbocycles. The Bertz CT molecular complexity index is 811. The Hall–Kier alpha value is -2.66. The monoisotopic (exact) mass is 440 g/mol. The predicted octanol–water partition coefficient (Wildman–Crippen LogP) is 6.59. The molecule has 0 aliphatic rings. The summed E-state index contributed by atoms with van der Waals surface area (Å²) in [6.07, 6.45) is 6.61. The van der Waals surface area contributed by atoms with E-state index in [2.05, 4.69) is 6.92 Å². The van der Waals surface area contributed by atoms with Gasteiger partial charge in [0, 0.05) is 13.0 Å². The van der Waals surface area contributed by atoms with E-state index >= 15 is 0 Å². The van der Waals surface area contributed by atoms with Gasteiger partial charge in [-0.25, -0.2) is 4.79 Å². The second-order valence-electron chi connectivity index (χ2n) is 8.03. The normalized spacial score (nSPS) is 11.7. The van der Waals surface area contributed by atoms with E-state index in [0.717, 1.165) is 30.4 Å². The number of carbonyl (C=O) groups is 2. The minimum atomic E-state index is -0.360. The summed E-state index contributed by atoms with van der Waals surface area (Å²) in [7, 11) is 0. The number of rotatable bonds is 14. The number of benzene rings is 2. The molecular weight excluding hydrogens is 404 g/mol. The van der Waals surface area contributed by atoms with Gasteiger partial charge in [-0.3, -0.25) is 4.79 Å². The average Bonchev–Trinajstić information content (AvgIpc) is 2.80. The number of ether oxygens (including phenoxy) is 3. The third-order valence-electron chi connectivity index (χ3n) is 5.03. The van der Waals surface area contributed by atoms with Crippen molar-refractivity contribution < 1.29 is 23.8 Å². The summed E-state index contributed by atoms with van der Waals surface area (Å²) in [6.45, 7) is 7.09. The lowest BCUT2D eigenvalue weighted by Crippen LogP contribution is -2.20. The lowest BCUT2D eigenvalue weighted by Gasteiger charge is -2.13. The first-order chi connectivity index (χ1) is 15.5. The van der Waals surface area contributed by atoms with E-state index in [4.69, 9.17) is 14.2 Å². The maximum Gasteiger partial charge on any atom is 0.338 e. The summed E-state index contributed by atoms with van der Waals surface area (Å²) in [5.41, 5.74) is 2.45. The number of unbranched alkanes of at least 4 members (excludes halogenated alkanes) is 4. The molecule has 0 bridgehead atoms. The molecule has 0 spiro atoms. The van der Waals surface area contributed by atoms with Crippen molar-refractivity contribution in [1.29, 1.82) is 0 Å². The van der Waals surface area contributed by atoms with Crippen molar-refractivity contribution in [2.24, 2.45) is 0 Å². The van der Waals surface area contributed by atoms with Crippen LogP contribution in [-0.4, -0.2) is 31.3 Å². The second kappa shape index (κ2) is 14.4. The largest absolute Gasteiger partial charge is 0.457 e. The minimum Gasteiger partial charge on any atom is -0.457 e. The molecule has 0 heterocycles. The van der Waals surface area contributed by atoms with Gasteiger partial charge in [0.15, 0.2) is 0 Å². The first kappa shape index (κ1) is 25.6. The van der Waals surface area contributed by atoms with Gasteiger partial charge in [0.05, 0.1) is 12.2 Å². The van der Waals surface area contributed by atoms with Crippen LogP contribution in [0, 0.1) is 0 Å². The Morgan fingerprint density at radius 1 is 0.812 bits per heavy atom. The van der Waals surface area contributed by atoms with E-state index in [1.165, 1.54) is 19.3 Å². The zero-order valence-electron chi connectivity index (χ0n) is 19.6. The summed E-state index contributed by atoms with van der Waals surface area (Å²) >= 11 is 0. The Balaban J connectivity index is 1.83. The van der Waals surface area contributed by atoms with Crippen LogP contribution in [0.5, 0.6) is 5.75 Å². The molecule has 1 unspecified atom stereocenters. The van der Waals surface area contributed by atoms with Crippen molar-refractivity contribution in [3.05, 3.63) is 54.1 Å². The molecule has 1 atom stereocenters. The van der Waals surface area contributed by atoms with Crippen LogP contribution in [0.4, 0.5) is 0 Å². The molecule has 0 N–H and O–H groups in total. The minimum absolute atomic E-state index is 0.188. The standard InChI is InChI=1S/C27H36O5/c1-4-6-7-8-9-10-26(28)32-25-17-15-23(16-18-25)22-11-13-24(14-12-22)27(29)31-21(3)20-30-19-5-2/h11-18,21H,4-10,19-20H2,1-3H3. The fraction of sp³-hybridized carbons (Fsp3) is 0.481. The van der Waals surface area contributed by atoms with E-state index in [-0.39, 0.29) is 18.0 Å².